The smallest absolute Gasteiger partial charge is 0.234 e. The van der Waals surface area contributed by atoms with Gasteiger partial charge in [-0.05, 0) is 30.2 Å². The van der Waals surface area contributed by atoms with Crippen LogP contribution in [0, 0.1) is 0 Å². The second-order valence-corrected chi connectivity index (χ2v) is 6.81. The largest absolute Gasteiger partial charge is 0.325 e. The minimum Gasteiger partial charge on any atom is -0.325 e. The third-order valence-corrected chi connectivity index (χ3v) is 5.05. The summed E-state index contributed by atoms with van der Waals surface area (Å²) in [6.07, 6.45) is 1.73. The Morgan fingerprint density at radius 3 is 2.79 bits per heavy atom. The van der Waals surface area contributed by atoms with Crippen molar-refractivity contribution in [2.24, 2.45) is 0 Å². The summed E-state index contributed by atoms with van der Waals surface area (Å²) in [4.78, 5) is 25.3. The molecule has 0 bridgehead atoms. The molecule has 1 atom stereocenters. The van der Waals surface area contributed by atoms with Crippen LogP contribution in [0.1, 0.15) is 31.2 Å². The SMILES string of the molecule is CCCC(C(=O)Nc1ccc2c(c1)NC(=O)CS2)c1ccccc1. The fourth-order valence-corrected chi connectivity index (χ4v) is 3.60. The Morgan fingerprint density at radius 2 is 2.04 bits per heavy atom. The van der Waals surface area contributed by atoms with Crippen molar-refractivity contribution in [1.29, 1.82) is 0 Å². The maximum absolute atomic E-state index is 12.7. The van der Waals surface area contributed by atoms with Gasteiger partial charge in [-0.2, -0.15) is 0 Å². The third kappa shape index (κ3) is 3.79. The van der Waals surface area contributed by atoms with Crippen LogP contribution in [0.4, 0.5) is 11.4 Å². The fraction of sp³-hybridized carbons (Fsp3) is 0.263. The van der Waals surface area contributed by atoms with E-state index in [1.54, 1.807) is 0 Å². The second kappa shape index (κ2) is 7.53. The molecule has 0 aromatic heterocycles. The lowest BCUT2D eigenvalue weighted by atomic mass is 9.93. The molecule has 2 aromatic rings. The standard InChI is InChI=1S/C19H20N2O2S/c1-2-6-15(13-7-4-3-5-8-13)19(23)20-14-9-10-17-16(11-14)21-18(22)12-24-17/h3-5,7-11,15H,2,6,12H2,1H3,(H,20,23)(H,21,22). The minimum absolute atomic E-state index is 0.0101. The van der Waals surface area contributed by atoms with Crippen LogP contribution in [0.3, 0.4) is 0 Å². The zero-order chi connectivity index (χ0) is 16.9. The highest BCUT2D eigenvalue weighted by Gasteiger charge is 2.21. The number of anilines is 2. The Hall–Kier alpha value is -2.27. The molecule has 124 valence electrons. The van der Waals surface area contributed by atoms with E-state index in [9.17, 15) is 9.59 Å². The van der Waals surface area contributed by atoms with Crippen LogP contribution in [0.15, 0.2) is 53.4 Å². The number of carbonyl (C=O) groups excluding carboxylic acids is 2. The van der Waals surface area contributed by atoms with Crippen molar-refractivity contribution in [3.05, 3.63) is 54.1 Å². The van der Waals surface area contributed by atoms with Crippen LogP contribution in [0.2, 0.25) is 0 Å². The van der Waals surface area contributed by atoms with Crippen LogP contribution in [0.25, 0.3) is 0 Å². The molecule has 1 unspecified atom stereocenters. The minimum atomic E-state index is -0.170. The van der Waals surface area contributed by atoms with Gasteiger partial charge >= 0.3 is 0 Å². The number of thioether (sulfide) groups is 1. The molecule has 1 aliphatic rings. The van der Waals surface area contributed by atoms with E-state index in [4.69, 9.17) is 0 Å². The monoisotopic (exact) mass is 340 g/mol. The van der Waals surface area contributed by atoms with Crippen molar-refractivity contribution in [1.82, 2.24) is 0 Å². The summed E-state index contributed by atoms with van der Waals surface area (Å²) in [5, 5.41) is 5.84. The van der Waals surface area contributed by atoms with Crippen LogP contribution < -0.4 is 10.6 Å². The zero-order valence-corrected chi connectivity index (χ0v) is 14.4. The van der Waals surface area contributed by atoms with Gasteiger partial charge in [0, 0.05) is 10.6 Å². The lowest BCUT2D eigenvalue weighted by Gasteiger charge is -2.19. The Morgan fingerprint density at radius 1 is 1.25 bits per heavy atom. The highest BCUT2D eigenvalue weighted by atomic mass is 32.2. The number of carbonyl (C=O) groups is 2. The Labute approximate surface area is 146 Å². The molecule has 0 spiro atoms. The lowest BCUT2D eigenvalue weighted by Crippen LogP contribution is -2.22. The van der Waals surface area contributed by atoms with Gasteiger partial charge in [0.1, 0.15) is 0 Å². The highest BCUT2D eigenvalue weighted by Crippen LogP contribution is 2.34. The topological polar surface area (TPSA) is 58.2 Å². The normalized spacial score (nSPS) is 14.5. The van der Waals surface area contributed by atoms with Crippen LogP contribution in [-0.4, -0.2) is 17.6 Å². The van der Waals surface area contributed by atoms with E-state index in [0.717, 1.165) is 29.0 Å². The van der Waals surface area contributed by atoms with Crippen LogP contribution in [0.5, 0.6) is 0 Å². The predicted molar refractivity (Wildman–Crippen MR) is 98.5 cm³/mol. The average molecular weight is 340 g/mol. The molecular weight excluding hydrogens is 320 g/mol. The highest BCUT2D eigenvalue weighted by molar-refractivity contribution is 8.00. The third-order valence-electron chi connectivity index (χ3n) is 3.98. The number of benzene rings is 2. The molecule has 0 fully saturated rings. The van der Waals surface area contributed by atoms with E-state index in [0.29, 0.717) is 11.4 Å². The number of fused-ring (bicyclic) bond motifs is 1. The molecule has 5 heteroatoms. The average Bonchev–Trinajstić information content (AvgIpc) is 2.60. The Kier molecular flexibility index (Phi) is 5.20. The van der Waals surface area contributed by atoms with Gasteiger partial charge < -0.3 is 10.6 Å². The molecule has 24 heavy (non-hydrogen) atoms. The summed E-state index contributed by atoms with van der Waals surface area (Å²) in [6, 6.07) is 15.5. The summed E-state index contributed by atoms with van der Waals surface area (Å²) in [5.41, 5.74) is 2.50. The van der Waals surface area contributed by atoms with Crippen molar-refractivity contribution in [2.45, 2.75) is 30.6 Å². The number of rotatable bonds is 5. The second-order valence-electron chi connectivity index (χ2n) is 5.79. The summed E-state index contributed by atoms with van der Waals surface area (Å²) in [5.74, 6) is 0.240. The summed E-state index contributed by atoms with van der Waals surface area (Å²) in [7, 11) is 0. The van der Waals surface area contributed by atoms with E-state index in [1.165, 1.54) is 11.8 Å². The van der Waals surface area contributed by atoms with Gasteiger partial charge in [-0.25, -0.2) is 0 Å². The zero-order valence-electron chi connectivity index (χ0n) is 13.5. The maximum atomic E-state index is 12.7. The number of hydrogen-bond donors (Lipinski definition) is 2. The van der Waals surface area contributed by atoms with Gasteiger partial charge in [-0.15, -0.1) is 11.8 Å². The molecule has 1 aliphatic heterocycles. The Balaban J connectivity index is 1.78. The summed E-state index contributed by atoms with van der Waals surface area (Å²) >= 11 is 1.51. The van der Waals surface area contributed by atoms with Gasteiger partial charge in [0.05, 0.1) is 17.4 Å². The van der Waals surface area contributed by atoms with Crippen molar-refractivity contribution < 1.29 is 9.59 Å². The maximum Gasteiger partial charge on any atom is 0.234 e. The molecular formula is C19H20N2O2S. The lowest BCUT2D eigenvalue weighted by molar-refractivity contribution is -0.117. The van der Waals surface area contributed by atoms with E-state index < -0.39 is 0 Å². The molecule has 4 nitrogen and oxygen atoms in total. The van der Waals surface area contributed by atoms with Crippen LogP contribution in [-0.2, 0) is 9.59 Å². The van der Waals surface area contributed by atoms with Crippen LogP contribution >= 0.6 is 11.8 Å². The van der Waals surface area contributed by atoms with Gasteiger partial charge in [0.25, 0.3) is 0 Å². The first-order valence-electron chi connectivity index (χ1n) is 8.10. The molecule has 3 rings (SSSR count). The molecule has 2 N–H and O–H groups in total. The molecule has 1 heterocycles. The predicted octanol–water partition coefficient (Wildman–Crippen LogP) is 4.25. The molecule has 2 aromatic carbocycles. The van der Waals surface area contributed by atoms with Crippen molar-refractivity contribution in [3.8, 4) is 0 Å². The van der Waals surface area contributed by atoms with Gasteiger partial charge in [0.2, 0.25) is 11.8 Å². The first-order valence-corrected chi connectivity index (χ1v) is 9.08. The number of nitrogens with one attached hydrogen (secondary N) is 2. The quantitative estimate of drug-likeness (QED) is 0.855. The first kappa shape index (κ1) is 16.6. The summed E-state index contributed by atoms with van der Waals surface area (Å²) < 4.78 is 0. The molecule has 2 amide bonds. The molecule has 0 saturated heterocycles. The van der Waals surface area contributed by atoms with Crippen molar-refractivity contribution in [2.75, 3.05) is 16.4 Å². The van der Waals surface area contributed by atoms with Crippen molar-refractivity contribution in [3.63, 3.8) is 0 Å². The fourth-order valence-electron chi connectivity index (χ4n) is 2.81. The van der Waals surface area contributed by atoms with E-state index in [1.807, 2.05) is 48.5 Å². The Bertz CT molecular complexity index is 746. The summed E-state index contributed by atoms with van der Waals surface area (Å²) in [6.45, 7) is 2.08. The number of hydrogen-bond acceptors (Lipinski definition) is 3. The number of amides is 2. The van der Waals surface area contributed by atoms with Gasteiger partial charge in [-0.1, -0.05) is 43.7 Å². The molecule has 0 radical (unpaired) electrons. The van der Waals surface area contributed by atoms with Gasteiger partial charge in [0.15, 0.2) is 0 Å². The molecule has 0 saturated carbocycles. The first-order chi connectivity index (χ1) is 11.7. The van der Waals surface area contributed by atoms with E-state index >= 15 is 0 Å². The van der Waals surface area contributed by atoms with E-state index in [-0.39, 0.29) is 17.7 Å². The van der Waals surface area contributed by atoms with E-state index in [2.05, 4.69) is 17.6 Å². The van der Waals surface area contributed by atoms with Gasteiger partial charge in [-0.3, -0.25) is 9.59 Å². The van der Waals surface area contributed by atoms with Crippen molar-refractivity contribution >= 4 is 35.0 Å². The molecule has 0 aliphatic carbocycles.